The Hall–Kier alpha value is -0.400. The fourth-order valence-electron chi connectivity index (χ4n) is 1.41. The Kier molecular flexibility index (Phi) is 4.37. The normalized spacial score (nSPS) is 11.6. The Morgan fingerprint density at radius 2 is 2.05 bits per heavy atom. The van der Waals surface area contributed by atoms with Crippen LogP contribution in [0.15, 0.2) is 6.07 Å². The Bertz CT molecular complexity index is 618. The molecule has 0 bridgehead atoms. The van der Waals surface area contributed by atoms with Gasteiger partial charge >= 0.3 is 0 Å². The van der Waals surface area contributed by atoms with Crippen molar-refractivity contribution in [3.63, 3.8) is 0 Å². The molecule has 4 nitrogen and oxygen atoms in total. The third-order valence-electron chi connectivity index (χ3n) is 2.15. The third kappa shape index (κ3) is 3.58. The summed E-state index contributed by atoms with van der Waals surface area (Å²) in [6.45, 7) is 3.82. The molecule has 0 aliphatic rings. The van der Waals surface area contributed by atoms with Crippen molar-refractivity contribution in [1.29, 1.82) is 0 Å². The van der Waals surface area contributed by atoms with Crippen LogP contribution in [0.5, 0.6) is 0 Å². The summed E-state index contributed by atoms with van der Waals surface area (Å²) in [5.41, 5.74) is 0.922. The van der Waals surface area contributed by atoms with E-state index in [1.54, 1.807) is 0 Å². The van der Waals surface area contributed by atoms with Crippen molar-refractivity contribution in [3.05, 3.63) is 27.2 Å². The number of nitrogens with one attached hydrogen (secondary N) is 1. The van der Waals surface area contributed by atoms with Gasteiger partial charge in [-0.05, 0) is 25.5 Å². The van der Waals surface area contributed by atoms with Crippen LogP contribution in [0.3, 0.4) is 0 Å². The number of carbonyl (C=O) groups is 1. The minimum absolute atomic E-state index is 0.0527. The second-order valence-corrected chi connectivity index (χ2v) is 8.03. The monoisotopic (exact) mass is 355 g/mol. The van der Waals surface area contributed by atoms with Gasteiger partial charge in [-0.3, -0.25) is 10.1 Å². The molecule has 0 aliphatic heterocycles. The van der Waals surface area contributed by atoms with E-state index in [4.69, 9.17) is 34.8 Å². The Morgan fingerprint density at radius 3 is 2.53 bits per heavy atom. The van der Waals surface area contributed by atoms with E-state index in [0.29, 0.717) is 10.0 Å². The molecule has 19 heavy (non-hydrogen) atoms. The molecular weight excluding hydrogens is 349 g/mol. The van der Waals surface area contributed by atoms with E-state index in [1.807, 2.05) is 19.9 Å². The SMILES string of the molecule is Cc1cc(C)c(C(=O)Nc2nc(C(Cl)(Cl)Cl)ns2)s1. The first-order valence-electron chi connectivity index (χ1n) is 5.06. The van der Waals surface area contributed by atoms with Crippen molar-refractivity contribution < 1.29 is 4.79 Å². The zero-order valence-electron chi connectivity index (χ0n) is 9.83. The Balaban J connectivity index is 2.16. The van der Waals surface area contributed by atoms with Gasteiger partial charge in [-0.25, -0.2) is 0 Å². The van der Waals surface area contributed by atoms with Crippen LogP contribution in [0.1, 0.15) is 25.9 Å². The lowest BCUT2D eigenvalue weighted by Crippen LogP contribution is -2.11. The predicted octanol–water partition coefficient (Wildman–Crippen LogP) is 4.30. The minimum Gasteiger partial charge on any atom is -0.296 e. The molecule has 102 valence electrons. The molecule has 0 aliphatic carbocycles. The van der Waals surface area contributed by atoms with Crippen molar-refractivity contribution in [2.24, 2.45) is 0 Å². The van der Waals surface area contributed by atoms with E-state index in [1.165, 1.54) is 11.3 Å². The number of carbonyl (C=O) groups excluding carboxylic acids is 1. The number of aryl methyl sites for hydroxylation is 2. The molecule has 2 heterocycles. The first-order valence-corrected chi connectivity index (χ1v) is 7.79. The van der Waals surface area contributed by atoms with Crippen LogP contribution >= 0.6 is 57.7 Å². The summed E-state index contributed by atoms with van der Waals surface area (Å²) in [6, 6.07) is 1.95. The topological polar surface area (TPSA) is 54.9 Å². The molecular formula is C10H8Cl3N3OS2. The molecule has 2 aromatic rings. The number of nitrogens with zero attached hydrogens (tertiary/aromatic N) is 2. The van der Waals surface area contributed by atoms with Gasteiger partial charge < -0.3 is 0 Å². The average Bonchev–Trinajstić information content (AvgIpc) is 2.84. The molecule has 1 N–H and O–H groups in total. The van der Waals surface area contributed by atoms with Crippen molar-refractivity contribution in [2.45, 2.75) is 17.6 Å². The highest BCUT2D eigenvalue weighted by molar-refractivity contribution is 7.14. The second-order valence-electron chi connectivity index (χ2n) is 3.74. The maximum atomic E-state index is 12.0. The van der Waals surface area contributed by atoms with E-state index in [2.05, 4.69) is 14.7 Å². The maximum absolute atomic E-state index is 12.0. The van der Waals surface area contributed by atoms with Crippen molar-refractivity contribution >= 4 is 68.7 Å². The lowest BCUT2D eigenvalue weighted by atomic mass is 10.2. The molecule has 0 spiro atoms. The molecule has 0 unspecified atom stereocenters. The predicted molar refractivity (Wildman–Crippen MR) is 80.9 cm³/mol. The largest absolute Gasteiger partial charge is 0.296 e. The summed E-state index contributed by atoms with van der Waals surface area (Å²) in [6.07, 6.45) is 0. The molecule has 0 radical (unpaired) electrons. The summed E-state index contributed by atoms with van der Waals surface area (Å²) >= 11 is 19.4. The van der Waals surface area contributed by atoms with Gasteiger partial charge in [0.25, 0.3) is 9.70 Å². The minimum atomic E-state index is -1.69. The molecule has 0 aromatic carbocycles. The number of halogens is 3. The van der Waals surface area contributed by atoms with E-state index in [9.17, 15) is 4.79 Å². The summed E-state index contributed by atoms with van der Waals surface area (Å²) in [4.78, 5) is 17.7. The number of hydrogen-bond donors (Lipinski definition) is 1. The highest BCUT2D eigenvalue weighted by atomic mass is 35.6. The van der Waals surface area contributed by atoms with Gasteiger partial charge in [0.05, 0.1) is 4.88 Å². The molecule has 0 atom stereocenters. The van der Waals surface area contributed by atoms with E-state index in [0.717, 1.165) is 22.0 Å². The summed E-state index contributed by atoms with van der Waals surface area (Å²) in [7, 11) is 0. The van der Waals surface area contributed by atoms with Crippen LogP contribution < -0.4 is 5.32 Å². The summed E-state index contributed by atoms with van der Waals surface area (Å²) in [5.74, 6) is -0.181. The molecule has 9 heteroatoms. The molecule has 1 amide bonds. The van der Waals surface area contributed by atoms with Crippen LogP contribution in [-0.2, 0) is 3.79 Å². The van der Waals surface area contributed by atoms with Gasteiger partial charge in [0.1, 0.15) is 0 Å². The molecule has 2 rings (SSSR count). The average molecular weight is 357 g/mol. The number of hydrogen-bond acceptors (Lipinski definition) is 5. The van der Waals surface area contributed by atoms with Gasteiger partial charge in [-0.15, -0.1) is 11.3 Å². The molecule has 0 fully saturated rings. The standard InChI is InChI=1S/C10H8Cl3N3OS2/c1-4-3-5(2)18-6(4)7(17)14-9-15-8(16-19-9)10(11,12)13/h3H,1-2H3,(H,14,15,16,17). The van der Waals surface area contributed by atoms with Crippen LogP contribution in [0.2, 0.25) is 0 Å². The van der Waals surface area contributed by atoms with Crippen molar-refractivity contribution in [3.8, 4) is 0 Å². The number of thiophene rings is 1. The fraction of sp³-hybridized carbons (Fsp3) is 0.300. The third-order valence-corrected chi connectivity index (χ3v) is 4.44. The molecule has 2 aromatic heterocycles. The van der Waals surface area contributed by atoms with Gasteiger partial charge in [-0.2, -0.15) is 9.36 Å². The van der Waals surface area contributed by atoms with Crippen LogP contribution in [0, 0.1) is 13.8 Å². The van der Waals surface area contributed by atoms with Crippen LogP contribution in [-0.4, -0.2) is 15.3 Å². The lowest BCUT2D eigenvalue weighted by molar-refractivity contribution is 0.103. The highest BCUT2D eigenvalue weighted by Gasteiger charge is 2.28. The Labute approximate surface area is 132 Å². The van der Waals surface area contributed by atoms with E-state index >= 15 is 0 Å². The number of rotatable bonds is 2. The van der Waals surface area contributed by atoms with Gasteiger partial charge in [0.15, 0.2) is 5.82 Å². The maximum Gasteiger partial charge on any atom is 0.267 e. The number of alkyl halides is 3. The van der Waals surface area contributed by atoms with Crippen LogP contribution in [0.4, 0.5) is 5.13 Å². The number of aromatic nitrogens is 2. The summed E-state index contributed by atoms with van der Waals surface area (Å²) < 4.78 is 2.20. The zero-order chi connectivity index (χ0) is 14.2. The van der Waals surface area contributed by atoms with Gasteiger partial charge in [0, 0.05) is 16.4 Å². The zero-order valence-corrected chi connectivity index (χ0v) is 13.7. The van der Waals surface area contributed by atoms with E-state index < -0.39 is 3.79 Å². The smallest absolute Gasteiger partial charge is 0.267 e. The molecule has 0 saturated carbocycles. The van der Waals surface area contributed by atoms with Crippen LogP contribution in [0.25, 0.3) is 0 Å². The fourth-order valence-corrected chi connectivity index (χ4v) is 3.35. The van der Waals surface area contributed by atoms with Gasteiger partial charge in [0.2, 0.25) is 5.13 Å². The Morgan fingerprint density at radius 1 is 1.37 bits per heavy atom. The first kappa shape index (κ1) is 15.0. The first-order chi connectivity index (χ1) is 8.77. The number of anilines is 1. The van der Waals surface area contributed by atoms with E-state index in [-0.39, 0.29) is 11.7 Å². The van der Waals surface area contributed by atoms with Gasteiger partial charge in [-0.1, -0.05) is 34.8 Å². The van der Waals surface area contributed by atoms with Crippen molar-refractivity contribution in [1.82, 2.24) is 9.36 Å². The molecule has 0 saturated heterocycles. The lowest BCUT2D eigenvalue weighted by Gasteiger charge is -2.03. The summed E-state index contributed by atoms with van der Waals surface area (Å²) in [5, 5.41) is 2.95. The quantitative estimate of drug-likeness (QED) is 0.816. The highest BCUT2D eigenvalue weighted by Crippen LogP contribution is 2.37. The second kappa shape index (κ2) is 5.54. The number of amides is 1. The van der Waals surface area contributed by atoms with Crippen molar-refractivity contribution in [2.75, 3.05) is 5.32 Å².